The maximum absolute atomic E-state index is 12.8. The van der Waals surface area contributed by atoms with Gasteiger partial charge in [0.25, 0.3) is 0 Å². The Morgan fingerprint density at radius 1 is 1.33 bits per heavy atom. The summed E-state index contributed by atoms with van der Waals surface area (Å²) in [6.07, 6.45) is -4.06. The zero-order valence-corrected chi connectivity index (χ0v) is 11.3. The summed E-state index contributed by atoms with van der Waals surface area (Å²) in [5.41, 5.74) is 0.703. The van der Waals surface area contributed by atoms with E-state index in [9.17, 15) is 22.4 Å². The first-order valence-corrected chi connectivity index (χ1v) is 6.26. The van der Waals surface area contributed by atoms with E-state index in [-0.39, 0.29) is 12.3 Å². The summed E-state index contributed by atoms with van der Waals surface area (Å²) in [7, 11) is 0. The number of carbonyl (C=O) groups excluding carboxylic acids is 1. The Morgan fingerprint density at radius 3 is 2.33 bits per heavy atom. The highest BCUT2D eigenvalue weighted by molar-refractivity contribution is 5.96. The number of likely N-dealkylation sites (N-methyl/N-ethyl adjacent to an activating group) is 1. The van der Waals surface area contributed by atoms with Crippen molar-refractivity contribution in [3.63, 3.8) is 0 Å². The summed E-state index contributed by atoms with van der Waals surface area (Å²) in [4.78, 5) is 12.9. The molecule has 0 aliphatic carbocycles. The number of nitrogens with one attached hydrogen (secondary N) is 1. The third kappa shape index (κ3) is 4.32. The average molecular weight is 308 g/mol. The molecule has 1 rings (SSSR count). The SMILES string of the molecule is CCN(CCO)c1ccc(NC(=O)C(F)(F)C(F)F)cc1. The van der Waals surface area contributed by atoms with Crippen molar-refractivity contribution in [3.8, 4) is 0 Å². The van der Waals surface area contributed by atoms with E-state index in [1.807, 2.05) is 11.8 Å². The van der Waals surface area contributed by atoms with Gasteiger partial charge < -0.3 is 15.3 Å². The minimum Gasteiger partial charge on any atom is -0.395 e. The number of hydrogen-bond donors (Lipinski definition) is 2. The van der Waals surface area contributed by atoms with Crippen LogP contribution < -0.4 is 10.2 Å². The van der Waals surface area contributed by atoms with Crippen LogP contribution in [0.1, 0.15) is 6.92 Å². The van der Waals surface area contributed by atoms with Crippen LogP contribution in [0.4, 0.5) is 28.9 Å². The molecule has 0 bridgehead atoms. The number of nitrogens with zero attached hydrogens (tertiary/aromatic N) is 1. The van der Waals surface area contributed by atoms with Crippen LogP contribution in [0.5, 0.6) is 0 Å². The molecule has 1 amide bonds. The largest absolute Gasteiger partial charge is 0.395 e. The van der Waals surface area contributed by atoms with Gasteiger partial charge in [-0.3, -0.25) is 4.79 Å². The maximum atomic E-state index is 12.8. The van der Waals surface area contributed by atoms with E-state index in [2.05, 4.69) is 0 Å². The number of halogens is 4. The van der Waals surface area contributed by atoms with Gasteiger partial charge in [0.05, 0.1) is 6.61 Å². The second-order valence-corrected chi connectivity index (χ2v) is 4.23. The molecule has 1 aromatic rings. The Kier molecular flexibility index (Phi) is 5.95. The molecule has 0 aliphatic rings. The Morgan fingerprint density at radius 2 is 1.90 bits per heavy atom. The Hall–Kier alpha value is -1.83. The van der Waals surface area contributed by atoms with Gasteiger partial charge in [0.15, 0.2) is 0 Å². The topological polar surface area (TPSA) is 52.6 Å². The van der Waals surface area contributed by atoms with Crippen molar-refractivity contribution in [2.45, 2.75) is 19.3 Å². The van der Waals surface area contributed by atoms with E-state index in [1.165, 1.54) is 24.3 Å². The van der Waals surface area contributed by atoms with Gasteiger partial charge in [-0.1, -0.05) is 0 Å². The first-order valence-electron chi connectivity index (χ1n) is 6.26. The van der Waals surface area contributed by atoms with E-state index in [1.54, 1.807) is 5.32 Å². The second kappa shape index (κ2) is 7.26. The maximum Gasteiger partial charge on any atom is 0.383 e. The molecule has 21 heavy (non-hydrogen) atoms. The number of rotatable bonds is 7. The molecule has 0 heterocycles. The molecule has 0 unspecified atom stereocenters. The quantitative estimate of drug-likeness (QED) is 0.760. The summed E-state index contributed by atoms with van der Waals surface area (Å²) in [5.74, 6) is -6.78. The summed E-state index contributed by atoms with van der Waals surface area (Å²) >= 11 is 0. The Labute approximate surface area is 119 Å². The predicted molar refractivity (Wildman–Crippen MR) is 71.0 cm³/mol. The summed E-state index contributed by atoms with van der Waals surface area (Å²) < 4.78 is 49.6. The standard InChI is InChI=1S/C13H16F4N2O2/c1-2-19(7-8-20)10-5-3-9(4-6-10)18-12(21)13(16,17)11(14)15/h3-6,11,20H,2,7-8H2,1H3,(H,18,21). The van der Waals surface area contributed by atoms with Gasteiger partial charge in [0.2, 0.25) is 0 Å². The van der Waals surface area contributed by atoms with Crippen molar-refractivity contribution >= 4 is 17.3 Å². The molecular weight excluding hydrogens is 292 g/mol. The zero-order valence-electron chi connectivity index (χ0n) is 11.3. The van der Waals surface area contributed by atoms with Gasteiger partial charge in [-0.2, -0.15) is 8.78 Å². The van der Waals surface area contributed by atoms with E-state index in [4.69, 9.17) is 5.11 Å². The van der Waals surface area contributed by atoms with Crippen LogP contribution >= 0.6 is 0 Å². The first kappa shape index (κ1) is 17.2. The molecule has 0 aromatic heterocycles. The predicted octanol–water partition coefficient (Wildman–Crippen LogP) is 2.34. The lowest BCUT2D eigenvalue weighted by Crippen LogP contribution is -2.40. The Bertz CT molecular complexity index is 466. The summed E-state index contributed by atoms with van der Waals surface area (Å²) in [6, 6.07) is 5.73. The van der Waals surface area contributed by atoms with Crippen molar-refractivity contribution in [2.75, 3.05) is 29.9 Å². The zero-order chi connectivity index (χ0) is 16.0. The van der Waals surface area contributed by atoms with Crippen molar-refractivity contribution in [1.82, 2.24) is 0 Å². The van der Waals surface area contributed by atoms with Gasteiger partial charge in [0, 0.05) is 24.5 Å². The molecule has 0 saturated carbocycles. The van der Waals surface area contributed by atoms with Crippen molar-refractivity contribution in [1.29, 1.82) is 0 Å². The van der Waals surface area contributed by atoms with Crippen LogP contribution in [-0.4, -0.2) is 43.1 Å². The lowest BCUT2D eigenvalue weighted by atomic mass is 10.2. The molecule has 8 heteroatoms. The van der Waals surface area contributed by atoms with Crippen LogP contribution in [-0.2, 0) is 4.79 Å². The van der Waals surface area contributed by atoms with E-state index in [0.717, 1.165) is 0 Å². The number of benzene rings is 1. The highest BCUT2D eigenvalue weighted by atomic mass is 19.3. The molecule has 0 atom stereocenters. The van der Waals surface area contributed by atoms with E-state index in [0.29, 0.717) is 18.8 Å². The fraction of sp³-hybridized carbons (Fsp3) is 0.462. The molecule has 0 saturated heterocycles. The normalized spacial score (nSPS) is 11.6. The Balaban J connectivity index is 2.77. The van der Waals surface area contributed by atoms with Crippen LogP contribution in [0, 0.1) is 0 Å². The van der Waals surface area contributed by atoms with Crippen molar-refractivity contribution in [2.24, 2.45) is 0 Å². The van der Waals surface area contributed by atoms with Crippen LogP contribution in [0.15, 0.2) is 24.3 Å². The molecular formula is C13H16F4N2O2. The number of anilines is 2. The van der Waals surface area contributed by atoms with Gasteiger partial charge in [-0.15, -0.1) is 0 Å². The minimum atomic E-state index is -4.73. The molecule has 1 aromatic carbocycles. The summed E-state index contributed by atoms with van der Waals surface area (Å²) in [5, 5.41) is 10.6. The van der Waals surface area contributed by atoms with Gasteiger partial charge in [-0.05, 0) is 31.2 Å². The average Bonchev–Trinajstić information content (AvgIpc) is 2.45. The molecule has 0 spiro atoms. The minimum absolute atomic E-state index is 0.0101. The first-order chi connectivity index (χ1) is 9.82. The molecule has 0 aliphatic heterocycles. The number of hydrogen-bond acceptors (Lipinski definition) is 3. The smallest absolute Gasteiger partial charge is 0.383 e. The molecule has 118 valence electrons. The van der Waals surface area contributed by atoms with Crippen molar-refractivity contribution in [3.05, 3.63) is 24.3 Å². The van der Waals surface area contributed by atoms with Crippen LogP contribution in [0.2, 0.25) is 0 Å². The molecule has 0 fully saturated rings. The highest BCUT2D eigenvalue weighted by Gasteiger charge is 2.48. The molecule has 2 N–H and O–H groups in total. The van der Waals surface area contributed by atoms with Gasteiger partial charge in [-0.25, -0.2) is 8.78 Å². The monoisotopic (exact) mass is 308 g/mol. The highest BCUT2D eigenvalue weighted by Crippen LogP contribution is 2.25. The molecule has 0 radical (unpaired) electrons. The van der Waals surface area contributed by atoms with Crippen LogP contribution in [0.25, 0.3) is 0 Å². The fourth-order valence-electron chi connectivity index (χ4n) is 1.66. The lowest BCUT2D eigenvalue weighted by molar-refractivity contribution is -0.163. The third-order valence-corrected chi connectivity index (χ3v) is 2.82. The molecule has 4 nitrogen and oxygen atoms in total. The second-order valence-electron chi connectivity index (χ2n) is 4.23. The van der Waals surface area contributed by atoms with Gasteiger partial charge in [0.1, 0.15) is 0 Å². The summed E-state index contributed by atoms with van der Waals surface area (Å²) in [6.45, 7) is 2.84. The van der Waals surface area contributed by atoms with Crippen molar-refractivity contribution < 1.29 is 27.5 Å². The number of alkyl halides is 4. The number of carbonyl (C=O) groups is 1. The third-order valence-electron chi connectivity index (χ3n) is 2.82. The van der Waals surface area contributed by atoms with E-state index >= 15 is 0 Å². The fourth-order valence-corrected chi connectivity index (χ4v) is 1.66. The number of amides is 1. The van der Waals surface area contributed by atoms with E-state index < -0.39 is 18.3 Å². The lowest BCUT2D eigenvalue weighted by Gasteiger charge is -2.22. The number of aliphatic hydroxyl groups is 1. The van der Waals surface area contributed by atoms with Crippen LogP contribution in [0.3, 0.4) is 0 Å². The number of aliphatic hydroxyl groups excluding tert-OH is 1. The van der Waals surface area contributed by atoms with Gasteiger partial charge >= 0.3 is 18.3 Å².